The van der Waals surface area contributed by atoms with E-state index in [1.807, 2.05) is 0 Å². The first-order valence-corrected chi connectivity index (χ1v) is 12.1. The number of nitrogens with zero attached hydrogens (tertiary/aromatic N) is 1. The Bertz CT molecular complexity index is 447. The number of aliphatic hydroxyl groups is 1. The molecule has 0 spiro atoms. The summed E-state index contributed by atoms with van der Waals surface area (Å²) in [5.41, 5.74) is 0. The Morgan fingerprint density at radius 2 is 1.39 bits per heavy atom. The predicted octanol–water partition coefficient (Wildman–Crippen LogP) is 4.14. The summed E-state index contributed by atoms with van der Waals surface area (Å²) in [6.07, 6.45) is 21.3. The zero-order valence-corrected chi connectivity index (χ0v) is 22.2. The minimum atomic E-state index is -0.928. The van der Waals surface area contributed by atoms with E-state index in [1.165, 1.54) is 64.2 Å². The summed E-state index contributed by atoms with van der Waals surface area (Å²) in [4.78, 5) is 24.2. The molecule has 0 fully saturated rings. The Morgan fingerprint density at radius 3 is 1.94 bits per heavy atom. The van der Waals surface area contributed by atoms with Crippen LogP contribution in [-0.4, -0.2) is 89.3 Å². The molecule has 0 aliphatic carbocycles. The summed E-state index contributed by atoms with van der Waals surface area (Å²) in [5.74, 6) is -0.907. The molecule has 1 amide bonds. The zero-order valence-electron chi connectivity index (χ0n) is 20.2. The predicted molar refractivity (Wildman–Crippen MR) is 129 cm³/mol. The number of carboxylic acids is 1. The fourth-order valence-electron chi connectivity index (χ4n) is 3.40. The molecule has 0 atom stereocenters. The van der Waals surface area contributed by atoms with E-state index < -0.39 is 5.97 Å². The SMILES string of the molecule is CCCCCCCC/C=C\CCCCCCCC(=O)NCCN(CCO)CC(=O)O.[Na]. The molecule has 7 heteroatoms. The molecular weight excluding hydrogens is 403 g/mol. The van der Waals surface area contributed by atoms with Gasteiger partial charge in [0.2, 0.25) is 5.91 Å². The molecule has 1 radical (unpaired) electrons. The summed E-state index contributed by atoms with van der Waals surface area (Å²) in [5, 5.41) is 20.6. The van der Waals surface area contributed by atoms with Gasteiger partial charge in [-0.2, -0.15) is 0 Å². The van der Waals surface area contributed by atoms with Crippen LogP contribution >= 0.6 is 0 Å². The first-order chi connectivity index (χ1) is 14.6. The number of carbonyl (C=O) groups is 2. The van der Waals surface area contributed by atoms with Crippen LogP contribution in [0.25, 0.3) is 0 Å². The quantitative estimate of drug-likeness (QED) is 0.131. The molecule has 0 unspecified atom stereocenters. The second-order valence-electron chi connectivity index (χ2n) is 8.08. The number of carboxylic acid groups (broad SMARTS) is 1. The van der Waals surface area contributed by atoms with Crippen LogP contribution in [0.5, 0.6) is 0 Å². The number of hydrogen-bond acceptors (Lipinski definition) is 4. The average Bonchev–Trinajstić information content (AvgIpc) is 2.70. The Hall–Kier alpha value is -0.400. The fourth-order valence-corrected chi connectivity index (χ4v) is 3.40. The number of hydrogen-bond donors (Lipinski definition) is 3. The Balaban J connectivity index is 0. The number of carbonyl (C=O) groups excluding carboxylic acids is 1. The molecule has 0 saturated carbocycles. The van der Waals surface area contributed by atoms with Crippen LogP contribution in [0.15, 0.2) is 12.2 Å². The van der Waals surface area contributed by atoms with E-state index in [-0.39, 0.29) is 48.6 Å². The van der Waals surface area contributed by atoms with Gasteiger partial charge in [-0.1, -0.05) is 70.4 Å². The van der Waals surface area contributed by atoms with Crippen molar-refractivity contribution in [3.05, 3.63) is 12.2 Å². The monoisotopic (exact) mass is 449 g/mol. The van der Waals surface area contributed by atoms with Gasteiger partial charge in [-0.15, -0.1) is 0 Å². The van der Waals surface area contributed by atoms with Crippen molar-refractivity contribution in [2.75, 3.05) is 32.8 Å². The van der Waals surface area contributed by atoms with Gasteiger partial charge in [-0.3, -0.25) is 14.5 Å². The van der Waals surface area contributed by atoms with Crippen molar-refractivity contribution in [2.45, 2.75) is 96.8 Å². The first-order valence-electron chi connectivity index (χ1n) is 12.1. The number of rotatable bonds is 22. The molecule has 31 heavy (non-hydrogen) atoms. The third-order valence-electron chi connectivity index (χ3n) is 5.19. The van der Waals surface area contributed by atoms with Gasteiger partial charge in [0.1, 0.15) is 0 Å². The zero-order chi connectivity index (χ0) is 22.3. The topological polar surface area (TPSA) is 89.9 Å². The molecule has 3 N–H and O–H groups in total. The molecule has 0 aromatic carbocycles. The maximum atomic E-state index is 11.8. The molecule has 0 bridgehead atoms. The summed E-state index contributed by atoms with van der Waals surface area (Å²) in [7, 11) is 0. The molecule has 0 aromatic rings. The number of aliphatic carboxylic acids is 1. The third-order valence-corrected chi connectivity index (χ3v) is 5.19. The van der Waals surface area contributed by atoms with Gasteiger partial charge in [0.05, 0.1) is 13.2 Å². The van der Waals surface area contributed by atoms with E-state index in [2.05, 4.69) is 24.4 Å². The van der Waals surface area contributed by atoms with Crippen molar-refractivity contribution in [2.24, 2.45) is 0 Å². The van der Waals surface area contributed by atoms with E-state index in [0.717, 1.165) is 19.3 Å². The minimum absolute atomic E-state index is 0. The number of aliphatic hydroxyl groups excluding tert-OH is 1. The van der Waals surface area contributed by atoms with Gasteiger partial charge < -0.3 is 15.5 Å². The van der Waals surface area contributed by atoms with Crippen LogP contribution in [0.2, 0.25) is 0 Å². The van der Waals surface area contributed by atoms with Crippen LogP contribution in [0.1, 0.15) is 96.8 Å². The van der Waals surface area contributed by atoms with E-state index in [4.69, 9.17) is 10.2 Å². The van der Waals surface area contributed by atoms with E-state index in [9.17, 15) is 9.59 Å². The van der Waals surface area contributed by atoms with Crippen molar-refractivity contribution in [1.82, 2.24) is 10.2 Å². The molecule has 177 valence electrons. The van der Waals surface area contributed by atoms with Crippen LogP contribution in [0.3, 0.4) is 0 Å². The Morgan fingerprint density at radius 1 is 0.839 bits per heavy atom. The van der Waals surface area contributed by atoms with Gasteiger partial charge in [0.25, 0.3) is 0 Å². The fraction of sp³-hybridized carbons (Fsp3) is 0.833. The molecule has 6 nitrogen and oxygen atoms in total. The van der Waals surface area contributed by atoms with Crippen molar-refractivity contribution in [1.29, 1.82) is 0 Å². The molecule has 0 aliphatic rings. The molecule has 0 heterocycles. The molecule has 0 aliphatic heterocycles. The van der Waals surface area contributed by atoms with Crippen molar-refractivity contribution < 1.29 is 19.8 Å². The third kappa shape index (κ3) is 25.7. The van der Waals surface area contributed by atoms with Crippen molar-refractivity contribution in [3.63, 3.8) is 0 Å². The second kappa shape index (κ2) is 25.9. The summed E-state index contributed by atoms with van der Waals surface area (Å²) >= 11 is 0. The minimum Gasteiger partial charge on any atom is -0.480 e. The van der Waals surface area contributed by atoms with Crippen LogP contribution in [-0.2, 0) is 9.59 Å². The molecule has 0 rings (SSSR count). The van der Waals surface area contributed by atoms with Gasteiger partial charge in [-0.05, 0) is 32.1 Å². The van der Waals surface area contributed by atoms with Gasteiger partial charge >= 0.3 is 5.97 Å². The standard InChI is InChI=1S/C24H46N2O4.Na/c1-2-3-4-5-6-7-8-9-10-11-12-13-14-15-16-17-23(28)25-18-19-26(20-21-27)22-24(29)30;/h9-10,27H,2-8,11-22H2,1H3,(H,25,28)(H,29,30);/b10-9-;. The van der Waals surface area contributed by atoms with E-state index >= 15 is 0 Å². The van der Waals surface area contributed by atoms with Gasteiger partial charge in [-0.25, -0.2) is 0 Å². The number of allylic oxidation sites excluding steroid dienone is 2. The smallest absolute Gasteiger partial charge is 0.317 e. The van der Waals surface area contributed by atoms with Gasteiger partial charge in [0.15, 0.2) is 0 Å². The average molecular weight is 450 g/mol. The summed E-state index contributed by atoms with van der Waals surface area (Å²) in [6.45, 7) is 3.20. The van der Waals surface area contributed by atoms with Crippen molar-refractivity contribution in [3.8, 4) is 0 Å². The first kappa shape index (κ1) is 32.8. The normalized spacial score (nSPS) is 11.1. The largest absolute Gasteiger partial charge is 0.480 e. The molecule has 0 saturated heterocycles. The van der Waals surface area contributed by atoms with Crippen LogP contribution < -0.4 is 5.32 Å². The van der Waals surface area contributed by atoms with E-state index in [1.54, 1.807) is 4.90 Å². The molecule has 0 aromatic heterocycles. The maximum Gasteiger partial charge on any atom is 0.317 e. The second-order valence-corrected chi connectivity index (χ2v) is 8.08. The van der Waals surface area contributed by atoms with Crippen molar-refractivity contribution >= 4 is 41.4 Å². The van der Waals surface area contributed by atoms with Crippen LogP contribution in [0, 0.1) is 0 Å². The number of nitrogens with one attached hydrogen (secondary N) is 1. The van der Waals surface area contributed by atoms with E-state index in [0.29, 0.717) is 26.1 Å². The number of unbranched alkanes of at least 4 members (excludes halogenated alkanes) is 11. The Labute approximate surface area is 212 Å². The maximum absolute atomic E-state index is 11.8. The Kier molecular flexibility index (Phi) is 27.3. The van der Waals surface area contributed by atoms with Gasteiger partial charge in [0, 0.05) is 55.6 Å². The number of amides is 1. The summed E-state index contributed by atoms with van der Waals surface area (Å²) < 4.78 is 0. The molecular formula is C24H46N2NaO4. The summed E-state index contributed by atoms with van der Waals surface area (Å²) in [6, 6.07) is 0. The van der Waals surface area contributed by atoms with Crippen LogP contribution in [0.4, 0.5) is 0 Å².